The highest BCUT2D eigenvalue weighted by molar-refractivity contribution is 9.09. The molecule has 0 N–H and O–H groups in total. The third-order valence-corrected chi connectivity index (χ3v) is 5.45. The maximum absolute atomic E-state index is 11.8. The molecule has 0 aliphatic rings. The standard InChI is InChI=1S/C18H17NO5.C12H13BrO3/c1-3-5-13-7-8-15(16(10-13)22-2)24-17(20)12-23-18(21)14-6-4-9-19-11-14;1-3-4-9-5-6-10(11(7-9)15-2)16-12(14)8-13/h3-4,6-11H,1,5,12H2,2H3;3,5-7H,1,4,8H2,2H3. The van der Waals surface area contributed by atoms with Crippen LogP contribution in [0.25, 0.3) is 0 Å². The fourth-order valence-electron chi connectivity index (χ4n) is 3.17. The Morgan fingerprint density at radius 2 is 1.38 bits per heavy atom. The van der Waals surface area contributed by atoms with Crippen molar-refractivity contribution in [3.8, 4) is 23.0 Å². The first-order valence-corrected chi connectivity index (χ1v) is 13.1. The van der Waals surface area contributed by atoms with E-state index in [0.29, 0.717) is 23.7 Å². The number of carbonyl (C=O) groups excluding carboxylic acids is 3. The SMILES string of the molecule is C=CCc1ccc(OC(=O)CBr)c(OC)c1.C=CCc1ccc(OC(=O)COC(=O)c2cccnc2)c(OC)c1. The first-order valence-electron chi connectivity index (χ1n) is 11.9. The number of halogens is 1. The van der Waals surface area contributed by atoms with E-state index in [-0.39, 0.29) is 22.6 Å². The summed E-state index contributed by atoms with van der Waals surface area (Å²) >= 11 is 3.03. The minimum Gasteiger partial charge on any atom is -0.493 e. The molecular weight excluding hydrogens is 582 g/mol. The van der Waals surface area contributed by atoms with Gasteiger partial charge in [0.25, 0.3) is 0 Å². The van der Waals surface area contributed by atoms with Crippen molar-refractivity contribution in [3.63, 3.8) is 0 Å². The first-order chi connectivity index (χ1) is 19.3. The Balaban J connectivity index is 0.000000305. The highest BCUT2D eigenvalue weighted by atomic mass is 79.9. The van der Waals surface area contributed by atoms with Gasteiger partial charge in [-0.05, 0) is 60.4 Å². The van der Waals surface area contributed by atoms with Gasteiger partial charge in [0.05, 0.1) is 19.8 Å². The van der Waals surface area contributed by atoms with Crippen LogP contribution in [-0.4, -0.2) is 49.0 Å². The maximum Gasteiger partial charge on any atom is 0.349 e. The Kier molecular flexibility index (Phi) is 13.7. The molecule has 2 aromatic carbocycles. The molecule has 3 rings (SSSR count). The largest absolute Gasteiger partial charge is 0.493 e. The predicted octanol–water partition coefficient (Wildman–Crippen LogP) is 5.31. The van der Waals surface area contributed by atoms with Crippen molar-refractivity contribution in [2.45, 2.75) is 12.8 Å². The molecule has 3 aromatic rings. The molecule has 0 bridgehead atoms. The molecule has 0 aliphatic heterocycles. The topological polar surface area (TPSA) is 110 Å². The number of methoxy groups -OCH3 is 2. The normalized spacial score (nSPS) is 9.78. The monoisotopic (exact) mass is 611 g/mol. The fourth-order valence-corrected chi connectivity index (χ4v) is 3.29. The zero-order valence-electron chi connectivity index (χ0n) is 22.3. The van der Waals surface area contributed by atoms with Crippen molar-refractivity contribution in [2.24, 2.45) is 0 Å². The Morgan fingerprint density at radius 1 is 0.825 bits per heavy atom. The van der Waals surface area contributed by atoms with Gasteiger partial charge in [-0.15, -0.1) is 13.2 Å². The molecule has 40 heavy (non-hydrogen) atoms. The van der Waals surface area contributed by atoms with E-state index in [1.807, 2.05) is 12.1 Å². The number of benzene rings is 2. The molecule has 0 spiro atoms. The molecule has 0 aliphatic carbocycles. The minimum absolute atomic E-state index is 0.157. The minimum atomic E-state index is -0.706. The van der Waals surface area contributed by atoms with Crippen molar-refractivity contribution in [3.05, 3.63) is 103 Å². The molecule has 10 heteroatoms. The van der Waals surface area contributed by atoms with Gasteiger partial charge in [0.1, 0.15) is 5.33 Å². The van der Waals surface area contributed by atoms with Crippen LogP contribution in [0.1, 0.15) is 21.5 Å². The van der Waals surface area contributed by atoms with Gasteiger partial charge in [0.2, 0.25) is 0 Å². The number of alkyl halides is 1. The van der Waals surface area contributed by atoms with Gasteiger partial charge in [0, 0.05) is 12.4 Å². The molecule has 9 nitrogen and oxygen atoms in total. The predicted molar refractivity (Wildman–Crippen MR) is 153 cm³/mol. The van der Waals surface area contributed by atoms with Gasteiger partial charge < -0.3 is 23.7 Å². The van der Waals surface area contributed by atoms with Crippen LogP contribution in [0.4, 0.5) is 0 Å². The third kappa shape index (κ3) is 10.4. The number of nitrogens with zero attached hydrogens (tertiary/aromatic N) is 1. The number of carbonyl (C=O) groups is 3. The molecule has 0 unspecified atom stereocenters. The van der Waals surface area contributed by atoms with E-state index in [1.54, 1.807) is 55.7 Å². The fraction of sp³-hybridized carbons (Fsp3) is 0.200. The van der Waals surface area contributed by atoms with E-state index in [9.17, 15) is 14.4 Å². The van der Waals surface area contributed by atoms with Crippen molar-refractivity contribution >= 4 is 33.8 Å². The zero-order valence-corrected chi connectivity index (χ0v) is 23.8. The van der Waals surface area contributed by atoms with Gasteiger partial charge in [-0.25, -0.2) is 9.59 Å². The van der Waals surface area contributed by atoms with Gasteiger partial charge >= 0.3 is 17.9 Å². The van der Waals surface area contributed by atoms with Gasteiger partial charge in [-0.2, -0.15) is 0 Å². The summed E-state index contributed by atoms with van der Waals surface area (Å²) in [5.74, 6) is -0.0486. The Morgan fingerprint density at radius 3 is 1.82 bits per heavy atom. The van der Waals surface area contributed by atoms with Crippen LogP contribution in [0.2, 0.25) is 0 Å². The molecule has 210 valence electrons. The lowest BCUT2D eigenvalue weighted by Crippen LogP contribution is -2.19. The lowest BCUT2D eigenvalue weighted by atomic mass is 10.1. The lowest BCUT2D eigenvalue weighted by Gasteiger charge is -2.10. The summed E-state index contributed by atoms with van der Waals surface area (Å²) < 4.78 is 25.5. The van der Waals surface area contributed by atoms with Crippen LogP contribution in [-0.2, 0) is 27.2 Å². The molecule has 1 aromatic heterocycles. The molecule has 0 radical (unpaired) electrons. The summed E-state index contributed by atoms with van der Waals surface area (Å²) in [5.41, 5.74) is 2.30. The van der Waals surface area contributed by atoms with E-state index in [0.717, 1.165) is 17.5 Å². The second-order valence-corrected chi connectivity index (χ2v) is 8.42. The van der Waals surface area contributed by atoms with Crippen molar-refractivity contribution in [1.29, 1.82) is 0 Å². The molecule has 1 heterocycles. The molecule has 0 saturated heterocycles. The summed E-state index contributed by atoms with van der Waals surface area (Å²) in [6.45, 7) is 6.82. The number of ether oxygens (including phenoxy) is 5. The molecule has 0 saturated carbocycles. The van der Waals surface area contributed by atoms with E-state index in [4.69, 9.17) is 23.7 Å². The Hall–Kier alpha value is -4.44. The molecule has 0 atom stereocenters. The van der Waals surface area contributed by atoms with Gasteiger partial charge in [-0.3, -0.25) is 9.78 Å². The zero-order chi connectivity index (χ0) is 29.3. The van der Waals surface area contributed by atoms with Crippen molar-refractivity contribution in [2.75, 3.05) is 26.2 Å². The number of hydrogen-bond acceptors (Lipinski definition) is 9. The van der Waals surface area contributed by atoms with Gasteiger partial charge in [0.15, 0.2) is 29.6 Å². The quantitative estimate of drug-likeness (QED) is 0.116. The first kappa shape index (κ1) is 31.8. The van der Waals surface area contributed by atoms with E-state index in [1.165, 1.54) is 19.5 Å². The second-order valence-electron chi connectivity index (χ2n) is 7.86. The number of allylic oxidation sites excluding steroid dienone is 2. The van der Waals surface area contributed by atoms with Gasteiger partial charge in [-0.1, -0.05) is 40.2 Å². The average Bonchev–Trinajstić information content (AvgIpc) is 2.98. The molecule has 0 amide bonds. The summed E-state index contributed by atoms with van der Waals surface area (Å²) in [6.07, 6.45) is 7.88. The Labute approximate surface area is 241 Å². The smallest absolute Gasteiger partial charge is 0.349 e. The summed E-state index contributed by atoms with van der Waals surface area (Å²) in [5, 5.41) is 0.157. The van der Waals surface area contributed by atoms with Crippen molar-refractivity contribution < 1.29 is 38.1 Å². The average molecular weight is 612 g/mol. The molecular formula is C30H30BrNO8. The number of esters is 3. The maximum atomic E-state index is 11.8. The number of hydrogen-bond donors (Lipinski definition) is 0. The number of aromatic nitrogens is 1. The van der Waals surface area contributed by atoms with E-state index >= 15 is 0 Å². The highest BCUT2D eigenvalue weighted by Crippen LogP contribution is 2.29. The summed E-state index contributed by atoms with van der Waals surface area (Å²) in [4.78, 5) is 38.5. The van der Waals surface area contributed by atoms with Crippen LogP contribution < -0.4 is 18.9 Å². The lowest BCUT2D eigenvalue weighted by molar-refractivity contribution is -0.138. The van der Waals surface area contributed by atoms with Crippen LogP contribution in [0.3, 0.4) is 0 Å². The molecule has 0 fully saturated rings. The van der Waals surface area contributed by atoms with Crippen LogP contribution in [0, 0.1) is 0 Å². The third-order valence-electron chi connectivity index (χ3n) is 4.99. The van der Waals surface area contributed by atoms with Crippen LogP contribution >= 0.6 is 15.9 Å². The summed E-state index contributed by atoms with van der Waals surface area (Å²) in [6, 6.07) is 13.8. The Bertz CT molecular complexity index is 1310. The summed E-state index contributed by atoms with van der Waals surface area (Å²) in [7, 11) is 3.02. The van der Waals surface area contributed by atoms with Crippen LogP contribution in [0.5, 0.6) is 23.0 Å². The highest BCUT2D eigenvalue weighted by Gasteiger charge is 2.14. The van der Waals surface area contributed by atoms with E-state index < -0.39 is 18.5 Å². The van der Waals surface area contributed by atoms with E-state index in [2.05, 4.69) is 34.1 Å². The number of pyridine rings is 1. The van der Waals surface area contributed by atoms with Crippen molar-refractivity contribution in [1.82, 2.24) is 4.98 Å². The second kappa shape index (κ2) is 17.2. The van der Waals surface area contributed by atoms with Crippen LogP contribution in [0.15, 0.2) is 86.2 Å². The number of rotatable bonds is 12.